The Balaban J connectivity index is 1.44. The molecular weight excluding hydrogens is 364 g/mol. The second-order valence-electron chi connectivity index (χ2n) is 6.38. The van der Waals surface area contributed by atoms with Gasteiger partial charge in [-0.3, -0.25) is 9.36 Å². The molecule has 0 aromatic carbocycles. The molecule has 1 atom stereocenters. The lowest BCUT2D eigenvalue weighted by Crippen LogP contribution is -2.07. The molecule has 1 unspecified atom stereocenters. The van der Waals surface area contributed by atoms with Gasteiger partial charge in [-0.15, -0.1) is 10.2 Å². The van der Waals surface area contributed by atoms with Crippen LogP contribution in [0.3, 0.4) is 0 Å². The highest BCUT2D eigenvalue weighted by molar-refractivity contribution is 7.15. The molecule has 9 nitrogen and oxygen atoms in total. The first-order chi connectivity index (χ1) is 13.0. The molecule has 10 heteroatoms. The fourth-order valence-electron chi connectivity index (χ4n) is 2.73. The Morgan fingerprint density at radius 3 is 2.70 bits per heavy atom. The largest absolute Gasteiger partial charge is 0.361 e. The van der Waals surface area contributed by atoms with E-state index in [-0.39, 0.29) is 6.04 Å². The van der Waals surface area contributed by atoms with Gasteiger partial charge in [-0.25, -0.2) is 0 Å². The van der Waals surface area contributed by atoms with Crippen LogP contribution < -0.4 is 5.32 Å². The summed E-state index contributed by atoms with van der Waals surface area (Å²) in [6, 6.07) is 3.91. The van der Waals surface area contributed by atoms with E-state index in [4.69, 9.17) is 4.52 Å². The normalized spacial score (nSPS) is 12.4. The number of nitrogens with one attached hydrogen (secondary N) is 1. The number of hydrogen-bond donors (Lipinski definition) is 1. The lowest BCUT2D eigenvalue weighted by atomic mass is 10.2. The summed E-state index contributed by atoms with van der Waals surface area (Å²) in [6.45, 7) is 8.47. The van der Waals surface area contributed by atoms with Crippen molar-refractivity contribution in [1.29, 1.82) is 0 Å². The van der Waals surface area contributed by atoms with Crippen molar-refractivity contribution >= 4 is 22.3 Å². The van der Waals surface area contributed by atoms with E-state index in [0.717, 1.165) is 27.7 Å². The summed E-state index contributed by atoms with van der Waals surface area (Å²) < 4.78 is 8.93. The fraction of sp³-hybridized carbons (Fsp3) is 0.353. The highest BCUT2D eigenvalue weighted by Gasteiger charge is 2.15. The highest BCUT2D eigenvalue weighted by atomic mass is 32.1. The van der Waals surface area contributed by atoms with Crippen LogP contribution in [-0.4, -0.2) is 34.9 Å². The first-order valence-electron chi connectivity index (χ1n) is 8.57. The van der Waals surface area contributed by atoms with Crippen molar-refractivity contribution in [2.45, 2.75) is 40.3 Å². The Morgan fingerprint density at radius 1 is 1.15 bits per heavy atom. The van der Waals surface area contributed by atoms with E-state index >= 15 is 0 Å². The van der Waals surface area contributed by atoms with Crippen molar-refractivity contribution < 1.29 is 4.52 Å². The Kier molecular flexibility index (Phi) is 4.48. The van der Waals surface area contributed by atoms with Gasteiger partial charge in [0.2, 0.25) is 5.13 Å². The second-order valence-corrected chi connectivity index (χ2v) is 7.39. The monoisotopic (exact) mass is 384 g/mol. The molecule has 0 radical (unpaired) electrons. The standard InChI is InChI=1S/C17H20N8OS/c1-10-5-8-25(21-10)12(3)16-19-20-17(27-16)18-15-6-7-24(22-15)9-14-11(2)23-26-13(14)4/h5-8,12H,9H2,1-4H3,(H,18,20,22). The first kappa shape index (κ1) is 17.4. The summed E-state index contributed by atoms with van der Waals surface area (Å²) in [5.74, 6) is 1.53. The third kappa shape index (κ3) is 3.61. The van der Waals surface area contributed by atoms with Crippen LogP contribution in [0.5, 0.6) is 0 Å². The molecule has 0 spiro atoms. The molecule has 0 saturated carbocycles. The number of aromatic nitrogens is 7. The predicted octanol–water partition coefficient (Wildman–Crippen LogP) is 3.25. The molecule has 1 N–H and O–H groups in total. The van der Waals surface area contributed by atoms with Crippen molar-refractivity contribution in [2.75, 3.05) is 5.32 Å². The first-order valence-corrected chi connectivity index (χ1v) is 9.38. The fourth-order valence-corrected chi connectivity index (χ4v) is 3.53. The molecule has 140 valence electrons. The maximum absolute atomic E-state index is 5.20. The van der Waals surface area contributed by atoms with Crippen LogP contribution in [0.25, 0.3) is 0 Å². The molecule has 4 aromatic heterocycles. The van der Waals surface area contributed by atoms with Crippen LogP contribution in [0.15, 0.2) is 29.0 Å². The zero-order chi connectivity index (χ0) is 19.0. The van der Waals surface area contributed by atoms with Crippen molar-refractivity contribution in [3.63, 3.8) is 0 Å². The van der Waals surface area contributed by atoms with Gasteiger partial charge in [-0.05, 0) is 33.8 Å². The number of anilines is 2. The average Bonchev–Trinajstić information content (AvgIpc) is 3.42. The Hall–Kier alpha value is -3.01. The van der Waals surface area contributed by atoms with Crippen molar-refractivity contribution in [2.24, 2.45) is 0 Å². The van der Waals surface area contributed by atoms with Gasteiger partial charge in [0.25, 0.3) is 0 Å². The lowest BCUT2D eigenvalue weighted by Gasteiger charge is -2.07. The second kappa shape index (κ2) is 6.95. The Bertz CT molecular complexity index is 1040. The molecule has 27 heavy (non-hydrogen) atoms. The van der Waals surface area contributed by atoms with E-state index in [9.17, 15) is 0 Å². The van der Waals surface area contributed by atoms with Gasteiger partial charge < -0.3 is 9.84 Å². The minimum absolute atomic E-state index is 0.0313. The molecule has 0 aliphatic carbocycles. The number of hydrogen-bond acceptors (Lipinski definition) is 8. The topological polar surface area (TPSA) is 99.5 Å². The summed E-state index contributed by atoms with van der Waals surface area (Å²) >= 11 is 1.49. The van der Waals surface area contributed by atoms with Crippen LogP contribution in [0.4, 0.5) is 10.9 Å². The number of nitrogens with zero attached hydrogens (tertiary/aromatic N) is 7. The van der Waals surface area contributed by atoms with Crippen LogP contribution in [0, 0.1) is 20.8 Å². The Morgan fingerprint density at radius 2 is 2.00 bits per heavy atom. The zero-order valence-electron chi connectivity index (χ0n) is 15.5. The molecule has 0 amide bonds. The third-order valence-corrected chi connectivity index (χ3v) is 5.32. The third-order valence-electron chi connectivity index (χ3n) is 4.31. The minimum atomic E-state index is 0.0313. The van der Waals surface area contributed by atoms with Gasteiger partial charge in [-0.1, -0.05) is 16.5 Å². The number of rotatable bonds is 6. The maximum Gasteiger partial charge on any atom is 0.211 e. The lowest BCUT2D eigenvalue weighted by molar-refractivity contribution is 0.391. The minimum Gasteiger partial charge on any atom is -0.361 e. The molecule has 4 rings (SSSR count). The number of aryl methyl sites for hydroxylation is 3. The quantitative estimate of drug-likeness (QED) is 0.545. The van der Waals surface area contributed by atoms with Gasteiger partial charge in [-0.2, -0.15) is 10.2 Å². The molecule has 0 aliphatic heterocycles. The van der Waals surface area contributed by atoms with E-state index in [1.807, 2.05) is 54.7 Å². The van der Waals surface area contributed by atoms with Gasteiger partial charge in [0.1, 0.15) is 16.8 Å². The SMILES string of the molecule is Cc1ccn(C(C)c2nnc(Nc3ccn(Cc4c(C)noc4C)n3)s2)n1. The predicted molar refractivity (Wildman–Crippen MR) is 101 cm³/mol. The van der Waals surface area contributed by atoms with E-state index in [2.05, 4.69) is 37.8 Å². The summed E-state index contributed by atoms with van der Waals surface area (Å²) in [6.07, 6.45) is 3.86. The van der Waals surface area contributed by atoms with E-state index in [1.54, 1.807) is 0 Å². The van der Waals surface area contributed by atoms with Crippen LogP contribution in [0.2, 0.25) is 0 Å². The molecule has 0 saturated heterocycles. The molecule has 4 heterocycles. The van der Waals surface area contributed by atoms with E-state index < -0.39 is 0 Å². The van der Waals surface area contributed by atoms with Crippen molar-refractivity contribution in [1.82, 2.24) is 34.9 Å². The van der Waals surface area contributed by atoms with Gasteiger partial charge in [0, 0.05) is 24.0 Å². The summed E-state index contributed by atoms with van der Waals surface area (Å²) in [5.41, 5.74) is 2.91. The van der Waals surface area contributed by atoms with Gasteiger partial charge >= 0.3 is 0 Å². The maximum atomic E-state index is 5.20. The molecular formula is C17H20N8OS. The summed E-state index contributed by atoms with van der Waals surface area (Å²) in [4.78, 5) is 0. The summed E-state index contributed by atoms with van der Waals surface area (Å²) in [5, 5.41) is 26.2. The average molecular weight is 384 g/mol. The van der Waals surface area contributed by atoms with Crippen molar-refractivity contribution in [3.05, 3.63) is 52.2 Å². The molecule has 0 fully saturated rings. The van der Waals surface area contributed by atoms with Crippen LogP contribution in [0.1, 0.15) is 40.7 Å². The van der Waals surface area contributed by atoms with Gasteiger partial charge in [0.15, 0.2) is 5.82 Å². The van der Waals surface area contributed by atoms with Crippen LogP contribution in [-0.2, 0) is 6.54 Å². The van der Waals surface area contributed by atoms with Crippen molar-refractivity contribution in [3.8, 4) is 0 Å². The summed E-state index contributed by atoms with van der Waals surface area (Å²) in [7, 11) is 0. The van der Waals surface area contributed by atoms with Gasteiger partial charge in [0.05, 0.1) is 17.9 Å². The highest BCUT2D eigenvalue weighted by Crippen LogP contribution is 2.26. The zero-order valence-corrected chi connectivity index (χ0v) is 16.4. The Labute approximate surface area is 160 Å². The van der Waals surface area contributed by atoms with E-state index in [0.29, 0.717) is 17.5 Å². The molecule has 0 bridgehead atoms. The smallest absolute Gasteiger partial charge is 0.211 e. The van der Waals surface area contributed by atoms with Crippen LogP contribution >= 0.6 is 11.3 Å². The molecule has 4 aromatic rings. The van der Waals surface area contributed by atoms with E-state index in [1.165, 1.54) is 11.3 Å². The molecule has 0 aliphatic rings.